The Morgan fingerprint density at radius 2 is 1.97 bits per heavy atom. The van der Waals surface area contributed by atoms with Crippen molar-refractivity contribution in [3.63, 3.8) is 0 Å². The van der Waals surface area contributed by atoms with Crippen LogP contribution in [0, 0.1) is 17.8 Å². The van der Waals surface area contributed by atoms with Gasteiger partial charge in [0.15, 0.2) is 11.5 Å². The van der Waals surface area contributed by atoms with E-state index in [-0.39, 0.29) is 29.4 Å². The van der Waals surface area contributed by atoms with Gasteiger partial charge in [-0.1, -0.05) is 24.1 Å². The van der Waals surface area contributed by atoms with E-state index < -0.39 is 0 Å². The summed E-state index contributed by atoms with van der Waals surface area (Å²) in [5.74, 6) is 7.55. The molecule has 1 spiro atoms. The smallest absolute Gasteiger partial charge is 0.308 e. The molecule has 7 nitrogen and oxygen atoms in total. The third-order valence-corrected chi connectivity index (χ3v) is 9.02. The SMILES string of the molecule is COc1cc(OC(C)=O)c2c3c1O[C@H]1[C@H](N(C)C(=O)C#Cc4ccccc4)CC[C@H]4[C@@H](C2)N(C)CC[C@@]341. The summed E-state index contributed by atoms with van der Waals surface area (Å²) in [6, 6.07) is 11.5. The molecule has 0 unspecified atom stereocenters. The number of carbonyl (C=O) groups excluding carboxylic acids is 2. The molecule has 4 aliphatic rings. The summed E-state index contributed by atoms with van der Waals surface area (Å²) in [6.07, 6.45) is 3.33. The highest BCUT2D eigenvalue weighted by atomic mass is 16.5. The molecule has 0 radical (unpaired) electrons. The minimum atomic E-state index is -0.351. The van der Waals surface area contributed by atoms with Crippen molar-refractivity contribution in [3.8, 4) is 29.1 Å². The fraction of sp³-hybridized carbons (Fsp3) is 0.467. The number of esters is 1. The van der Waals surface area contributed by atoms with Crippen LogP contribution >= 0.6 is 0 Å². The molecule has 2 heterocycles. The third-order valence-electron chi connectivity index (χ3n) is 9.02. The Labute approximate surface area is 217 Å². The number of hydrogen-bond donors (Lipinski definition) is 0. The zero-order chi connectivity index (χ0) is 25.9. The van der Waals surface area contributed by atoms with Gasteiger partial charge in [-0.05, 0) is 57.3 Å². The van der Waals surface area contributed by atoms with Crippen LogP contribution in [0.4, 0.5) is 0 Å². The Bertz CT molecular complexity index is 1330. The molecule has 6 rings (SSSR count). The zero-order valence-corrected chi connectivity index (χ0v) is 21.7. The van der Waals surface area contributed by atoms with Crippen LogP contribution in [0.1, 0.15) is 42.9 Å². The topological polar surface area (TPSA) is 68.3 Å². The number of piperidine rings is 1. The van der Waals surface area contributed by atoms with Crippen LogP contribution < -0.4 is 14.2 Å². The van der Waals surface area contributed by atoms with Crippen molar-refractivity contribution in [3.05, 3.63) is 53.1 Å². The Morgan fingerprint density at radius 1 is 1.19 bits per heavy atom. The van der Waals surface area contributed by atoms with Crippen molar-refractivity contribution in [2.75, 3.05) is 27.7 Å². The quantitative estimate of drug-likeness (QED) is 0.367. The second-order valence-electron chi connectivity index (χ2n) is 10.7. The number of likely N-dealkylation sites (N-methyl/N-ethyl adjacent to an activating group) is 2. The molecule has 2 bridgehead atoms. The predicted octanol–water partition coefficient (Wildman–Crippen LogP) is 3.17. The zero-order valence-electron chi connectivity index (χ0n) is 21.7. The molecular weight excluding hydrogens is 468 g/mol. The van der Waals surface area contributed by atoms with E-state index in [2.05, 4.69) is 23.8 Å². The molecule has 0 N–H and O–H groups in total. The van der Waals surface area contributed by atoms with Crippen LogP contribution in [0.5, 0.6) is 17.2 Å². The Morgan fingerprint density at radius 3 is 2.70 bits per heavy atom. The van der Waals surface area contributed by atoms with Gasteiger partial charge >= 0.3 is 5.97 Å². The molecule has 2 fully saturated rings. The number of hydrogen-bond acceptors (Lipinski definition) is 6. The maximum Gasteiger partial charge on any atom is 0.308 e. The monoisotopic (exact) mass is 500 g/mol. The van der Waals surface area contributed by atoms with Gasteiger partial charge < -0.3 is 24.0 Å². The lowest BCUT2D eigenvalue weighted by Gasteiger charge is -2.59. The third kappa shape index (κ3) is 3.53. The maximum atomic E-state index is 13.3. The Hall–Kier alpha value is -3.50. The average Bonchev–Trinajstić information content (AvgIpc) is 3.24. The van der Waals surface area contributed by atoms with Crippen molar-refractivity contribution < 1.29 is 23.8 Å². The second kappa shape index (κ2) is 8.81. The normalized spacial score (nSPS) is 28.8. The molecule has 37 heavy (non-hydrogen) atoms. The van der Waals surface area contributed by atoms with E-state index in [9.17, 15) is 9.59 Å². The van der Waals surface area contributed by atoms with Gasteiger partial charge in [0.2, 0.25) is 0 Å². The molecular formula is C30H32N2O5. The first-order valence-corrected chi connectivity index (χ1v) is 13.0. The first-order valence-electron chi connectivity index (χ1n) is 13.0. The van der Waals surface area contributed by atoms with Gasteiger partial charge in [0.1, 0.15) is 11.9 Å². The van der Waals surface area contributed by atoms with Crippen LogP contribution in [0.15, 0.2) is 36.4 Å². The summed E-state index contributed by atoms with van der Waals surface area (Å²) in [5, 5.41) is 0. The largest absolute Gasteiger partial charge is 0.493 e. The van der Waals surface area contributed by atoms with Crippen molar-refractivity contribution >= 4 is 11.9 Å². The van der Waals surface area contributed by atoms with Gasteiger partial charge in [0, 0.05) is 54.1 Å². The van der Waals surface area contributed by atoms with Gasteiger partial charge in [-0.15, -0.1) is 0 Å². The van der Waals surface area contributed by atoms with E-state index >= 15 is 0 Å². The minimum absolute atomic E-state index is 0.127. The number of methoxy groups -OCH3 is 1. The molecule has 7 heteroatoms. The van der Waals surface area contributed by atoms with Crippen molar-refractivity contribution in [2.45, 2.75) is 56.2 Å². The molecule has 1 saturated heterocycles. The van der Waals surface area contributed by atoms with Gasteiger partial charge in [-0.25, -0.2) is 0 Å². The van der Waals surface area contributed by atoms with Crippen LogP contribution in [0.25, 0.3) is 0 Å². The highest BCUT2D eigenvalue weighted by molar-refractivity contribution is 5.94. The summed E-state index contributed by atoms with van der Waals surface area (Å²) in [4.78, 5) is 29.5. The molecule has 5 atom stereocenters. The lowest BCUT2D eigenvalue weighted by Crippen LogP contribution is -2.68. The predicted molar refractivity (Wildman–Crippen MR) is 138 cm³/mol. The van der Waals surface area contributed by atoms with Crippen molar-refractivity contribution in [2.24, 2.45) is 5.92 Å². The van der Waals surface area contributed by atoms with E-state index in [0.717, 1.165) is 54.7 Å². The molecule has 1 saturated carbocycles. The molecule has 0 aromatic heterocycles. The van der Waals surface area contributed by atoms with Gasteiger partial charge in [0.05, 0.1) is 13.2 Å². The number of amides is 1. The fourth-order valence-electron chi connectivity index (χ4n) is 7.43. The minimum Gasteiger partial charge on any atom is -0.493 e. The first kappa shape index (κ1) is 23.9. The number of benzene rings is 2. The maximum absolute atomic E-state index is 13.3. The summed E-state index contributed by atoms with van der Waals surface area (Å²) >= 11 is 0. The highest BCUT2D eigenvalue weighted by Crippen LogP contribution is 2.65. The van der Waals surface area contributed by atoms with Crippen molar-refractivity contribution in [1.82, 2.24) is 9.80 Å². The summed E-state index contributed by atoms with van der Waals surface area (Å²) < 4.78 is 18.3. The number of likely N-dealkylation sites (tertiary alicyclic amines) is 1. The van der Waals surface area contributed by atoms with Gasteiger partial charge in [0.25, 0.3) is 5.91 Å². The van der Waals surface area contributed by atoms with Crippen LogP contribution in [-0.2, 0) is 21.4 Å². The number of carbonyl (C=O) groups is 2. The molecule has 2 aromatic rings. The molecule has 1 amide bonds. The Balaban J connectivity index is 1.43. The molecule has 2 aliphatic heterocycles. The van der Waals surface area contributed by atoms with E-state index in [1.807, 2.05) is 37.4 Å². The van der Waals surface area contributed by atoms with Crippen LogP contribution in [0.3, 0.4) is 0 Å². The van der Waals surface area contributed by atoms with Crippen LogP contribution in [-0.4, -0.2) is 67.6 Å². The van der Waals surface area contributed by atoms with Crippen molar-refractivity contribution in [1.29, 1.82) is 0 Å². The molecule has 2 aliphatic carbocycles. The number of ether oxygens (including phenoxy) is 3. The first-order chi connectivity index (χ1) is 17.8. The highest BCUT2D eigenvalue weighted by Gasteiger charge is 2.66. The fourth-order valence-corrected chi connectivity index (χ4v) is 7.43. The summed E-state index contributed by atoms with van der Waals surface area (Å²) in [7, 11) is 5.64. The van der Waals surface area contributed by atoms with Crippen LogP contribution in [0.2, 0.25) is 0 Å². The van der Waals surface area contributed by atoms with Gasteiger partial charge in [-0.3, -0.25) is 9.59 Å². The van der Waals surface area contributed by atoms with Gasteiger partial charge in [-0.2, -0.15) is 0 Å². The van der Waals surface area contributed by atoms with E-state index in [1.54, 1.807) is 18.1 Å². The lowest BCUT2D eigenvalue weighted by atomic mass is 9.51. The Kier molecular flexibility index (Phi) is 5.68. The molecule has 2 aromatic carbocycles. The van der Waals surface area contributed by atoms with E-state index in [0.29, 0.717) is 23.5 Å². The summed E-state index contributed by atoms with van der Waals surface area (Å²) in [5.41, 5.74) is 2.71. The molecule has 192 valence electrons. The lowest BCUT2D eigenvalue weighted by molar-refractivity contribution is -0.134. The second-order valence-corrected chi connectivity index (χ2v) is 10.7. The summed E-state index contributed by atoms with van der Waals surface area (Å²) in [6.45, 7) is 2.37. The number of nitrogens with zero attached hydrogens (tertiary/aromatic N) is 2. The standard InChI is InChI=1S/C30H32N2O5/c1-18(33)36-24-17-25(35-4)28-27-20(24)16-23-21-11-12-22(29(37-28)30(21,27)14-15-31(23)2)32(3)26(34)13-10-19-8-6-5-7-9-19/h5-9,17,21-23,29H,11-12,14-16H2,1-4H3/t21-,22+,23+,29-,30-/m0/s1. The van der Waals surface area contributed by atoms with E-state index in [4.69, 9.17) is 14.2 Å². The average molecular weight is 501 g/mol. The van der Waals surface area contributed by atoms with E-state index in [1.165, 1.54) is 6.92 Å². The number of rotatable bonds is 3.